The molecule has 2 aromatic heterocycles. The van der Waals surface area contributed by atoms with Gasteiger partial charge in [-0.2, -0.15) is 5.10 Å². The van der Waals surface area contributed by atoms with Crippen molar-refractivity contribution in [2.75, 3.05) is 13.1 Å². The minimum absolute atomic E-state index is 0.231. The molecule has 0 unspecified atom stereocenters. The molecule has 5 nitrogen and oxygen atoms in total. The molecule has 1 saturated carbocycles. The second kappa shape index (κ2) is 6.70. The van der Waals surface area contributed by atoms with Crippen LogP contribution < -0.4 is 0 Å². The van der Waals surface area contributed by atoms with E-state index in [1.54, 1.807) is 0 Å². The van der Waals surface area contributed by atoms with Crippen LogP contribution in [0.25, 0.3) is 0 Å². The van der Waals surface area contributed by atoms with Gasteiger partial charge in [0, 0.05) is 43.5 Å². The SMILES string of the molecule is Cc1cc([C@@H]2CCCN(C(=O)CCc3ccc([C@@H]4C[C@H]4C)o3)C2)n[nH]1. The number of amides is 1. The van der Waals surface area contributed by atoms with Crippen molar-refractivity contribution in [3.63, 3.8) is 0 Å². The van der Waals surface area contributed by atoms with Crippen molar-refractivity contribution in [3.8, 4) is 0 Å². The van der Waals surface area contributed by atoms with Crippen LogP contribution in [0.3, 0.4) is 0 Å². The number of aromatic amines is 1. The Balaban J connectivity index is 1.30. The van der Waals surface area contributed by atoms with Gasteiger partial charge in [-0.1, -0.05) is 6.92 Å². The molecule has 0 radical (unpaired) electrons. The van der Waals surface area contributed by atoms with E-state index in [-0.39, 0.29) is 5.91 Å². The maximum Gasteiger partial charge on any atom is 0.223 e. The molecule has 0 aromatic carbocycles. The van der Waals surface area contributed by atoms with Crippen molar-refractivity contribution < 1.29 is 9.21 Å². The standard InChI is InChI=1S/C20H27N3O2/c1-13-10-17(13)19-7-5-16(25-19)6-8-20(24)23-9-3-4-15(12-23)18-11-14(2)21-22-18/h5,7,11,13,15,17H,3-4,6,8-10,12H2,1-2H3,(H,21,22)/t13-,15-,17-/m1/s1. The predicted molar refractivity (Wildman–Crippen MR) is 95.4 cm³/mol. The molecule has 3 atom stereocenters. The van der Waals surface area contributed by atoms with Gasteiger partial charge in [0.05, 0.1) is 5.69 Å². The molecule has 0 bridgehead atoms. The number of rotatable bonds is 5. The van der Waals surface area contributed by atoms with Crippen LogP contribution in [0.5, 0.6) is 0 Å². The summed E-state index contributed by atoms with van der Waals surface area (Å²) in [5, 5.41) is 7.39. The molecule has 5 heteroatoms. The smallest absolute Gasteiger partial charge is 0.223 e. The number of nitrogens with zero attached hydrogens (tertiary/aromatic N) is 2. The average molecular weight is 341 g/mol. The van der Waals surface area contributed by atoms with E-state index in [0.717, 1.165) is 54.8 Å². The summed E-state index contributed by atoms with van der Waals surface area (Å²) in [6.07, 6.45) is 4.61. The zero-order chi connectivity index (χ0) is 17.4. The first-order valence-electron chi connectivity index (χ1n) is 9.48. The van der Waals surface area contributed by atoms with Crippen LogP contribution in [0.2, 0.25) is 0 Å². The summed E-state index contributed by atoms with van der Waals surface area (Å²) in [7, 11) is 0. The molecule has 2 aliphatic rings. The van der Waals surface area contributed by atoms with Gasteiger partial charge in [-0.25, -0.2) is 0 Å². The number of nitrogens with one attached hydrogen (secondary N) is 1. The molecular weight excluding hydrogens is 314 g/mol. The highest BCUT2D eigenvalue weighted by Gasteiger charge is 2.36. The van der Waals surface area contributed by atoms with Crippen molar-refractivity contribution in [1.82, 2.24) is 15.1 Å². The van der Waals surface area contributed by atoms with E-state index in [2.05, 4.69) is 29.3 Å². The lowest BCUT2D eigenvalue weighted by atomic mass is 9.94. The zero-order valence-electron chi connectivity index (χ0n) is 15.1. The van der Waals surface area contributed by atoms with Crippen molar-refractivity contribution in [1.29, 1.82) is 0 Å². The largest absolute Gasteiger partial charge is 0.466 e. The molecule has 1 aliphatic heterocycles. The Hall–Kier alpha value is -2.04. The Labute approximate surface area is 148 Å². The molecule has 1 N–H and O–H groups in total. The van der Waals surface area contributed by atoms with E-state index in [0.29, 0.717) is 24.7 Å². The summed E-state index contributed by atoms with van der Waals surface area (Å²) in [4.78, 5) is 14.6. The molecule has 1 amide bonds. The first kappa shape index (κ1) is 16.4. The topological polar surface area (TPSA) is 62.1 Å². The third-order valence-corrected chi connectivity index (χ3v) is 5.66. The Morgan fingerprint density at radius 1 is 1.44 bits per heavy atom. The second-order valence-corrected chi connectivity index (χ2v) is 7.78. The van der Waals surface area contributed by atoms with Crippen LogP contribution in [-0.2, 0) is 11.2 Å². The van der Waals surface area contributed by atoms with E-state index in [1.165, 1.54) is 6.42 Å². The second-order valence-electron chi connectivity index (χ2n) is 7.78. The van der Waals surface area contributed by atoms with E-state index in [4.69, 9.17) is 4.42 Å². The number of carbonyl (C=O) groups excluding carboxylic acids is 1. The molecule has 2 fully saturated rings. The van der Waals surface area contributed by atoms with Gasteiger partial charge in [-0.15, -0.1) is 0 Å². The number of piperidine rings is 1. The normalized spacial score (nSPS) is 26.0. The van der Waals surface area contributed by atoms with Crippen LogP contribution in [0.4, 0.5) is 0 Å². The molecule has 134 valence electrons. The highest BCUT2D eigenvalue weighted by molar-refractivity contribution is 5.76. The van der Waals surface area contributed by atoms with E-state index in [1.807, 2.05) is 17.9 Å². The first-order valence-corrected chi connectivity index (χ1v) is 9.48. The average Bonchev–Trinajstić information content (AvgIpc) is 3.02. The van der Waals surface area contributed by atoms with Crippen LogP contribution >= 0.6 is 0 Å². The first-order chi connectivity index (χ1) is 12.1. The quantitative estimate of drug-likeness (QED) is 0.900. The van der Waals surface area contributed by atoms with Gasteiger partial charge in [-0.05, 0) is 50.3 Å². The van der Waals surface area contributed by atoms with Crippen molar-refractivity contribution in [2.45, 2.75) is 57.8 Å². The molecule has 25 heavy (non-hydrogen) atoms. The van der Waals surface area contributed by atoms with Crippen LogP contribution in [-0.4, -0.2) is 34.1 Å². The molecule has 3 heterocycles. The Bertz CT molecular complexity index is 748. The predicted octanol–water partition coefficient (Wildman–Crippen LogP) is 3.77. The van der Waals surface area contributed by atoms with E-state index >= 15 is 0 Å². The van der Waals surface area contributed by atoms with Crippen molar-refractivity contribution in [3.05, 3.63) is 41.1 Å². The monoisotopic (exact) mass is 341 g/mol. The van der Waals surface area contributed by atoms with Crippen LogP contribution in [0.15, 0.2) is 22.6 Å². The molecule has 4 rings (SSSR count). The Kier molecular flexibility index (Phi) is 4.40. The minimum Gasteiger partial charge on any atom is -0.466 e. The number of carbonyl (C=O) groups is 1. The number of H-pyrrole nitrogens is 1. The highest BCUT2D eigenvalue weighted by Crippen LogP contribution is 2.47. The fourth-order valence-electron chi connectivity index (χ4n) is 3.93. The Morgan fingerprint density at radius 2 is 2.28 bits per heavy atom. The van der Waals surface area contributed by atoms with Crippen molar-refractivity contribution in [2.24, 2.45) is 5.92 Å². The lowest BCUT2D eigenvalue weighted by Crippen LogP contribution is -2.39. The van der Waals surface area contributed by atoms with E-state index < -0.39 is 0 Å². The molecule has 2 aromatic rings. The van der Waals surface area contributed by atoms with Gasteiger partial charge >= 0.3 is 0 Å². The summed E-state index contributed by atoms with van der Waals surface area (Å²) in [6.45, 7) is 5.92. The van der Waals surface area contributed by atoms with Crippen molar-refractivity contribution >= 4 is 5.91 Å². The van der Waals surface area contributed by atoms with Gasteiger partial charge in [-0.3, -0.25) is 9.89 Å². The number of hydrogen-bond acceptors (Lipinski definition) is 3. The maximum absolute atomic E-state index is 12.6. The fourth-order valence-corrected chi connectivity index (χ4v) is 3.93. The number of hydrogen-bond donors (Lipinski definition) is 1. The lowest BCUT2D eigenvalue weighted by Gasteiger charge is -2.32. The summed E-state index contributed by atoms with van der Waals surface area (Å²) in [5.41, 5.74) is 2.17. The van der Waals surface area contributed by atoms with Gasteiger partial charge in [0.15, 0.2) is 0 Å². The number of aromatic nitrogens is 2. The summed E-state index contributed by atoms with van der Waals surface area (Å²) < 4.78 is 5.92. The molecular formula is C20H27N3O2. The minimum atomic E-state index is 0.231. The third-order valence-electron chi connectivity index (χ3n) is 5.66. The molecule has 0 spiro atoms. The summed E-state index contributed by atoms with van der Waals surface area (Å²) >= 11 is 0. The third kappa shape index (κ3) is 3.65. The number of aryl methyl sites for hydroxylation is 2. The molecule has 1 saturated heterocycles. The van der Waals surface area contributed by atoms with Gasteiger partial charge in [0.25, 0.3) is 0 Å². The highest BCUT2D eigenvalue weighted by atomic mass is 16.3. The van der Waals surface area contributed by atoms with Crippen LogP contribution in [0.1, 0.15) is 67.4 Å². The fraction of sp³-hybridized carbons (Fsp3) is 0.600. The summed E-state index contributed by atoms with van der Waals surface area (Å²) in [5.74, 6) is 3.98. The lowest BCUT2D eigenvalue weighted by molar-refractivity contribution is -0.132. The maximum atomic E-state index is 12.6. The number of likely N-dealkylation sites (tertiary alicyclic amines) is 1. The van der Waals surface area contributed by atoms with Gasteiger partial charge in [0.1, 0.15) is 11.5 Å². The Morgan fingerprint density at radius 3 is 3.00 bits per heavy atom. The number of furan rings is 1. The van der Waals surface area contributed by atoms with Gasteiger partial charge in [0.2, 0.25) is 5.91 Å². The van der Waals surface area contributed by atoms with E-state index in [9.17, 15) is 4.79 Å². The van der Waals surface area contributed by atoms with Crippen LogP contribution in [0, 0.1) is 12.8 Å². The zero-order valence-corrected chi connectivity index (χ0v) is 15.1. The van der Waals surface area contributed by atoms with Gasteiger partial charge < -0.3 is 9.32 Å². The summed E-state index contributed by atoms with van der Waals surface area (Å²) in [6, 6.07) is 6.23. The molecule has 1 aliphatic carbocycles.